The van der Waals surface area contributed by atoms with Crippen molar-refractivity contribution in [2.24, 2.45) is 0 Å². The number of aromatic nitrogens is 2. The number of aromatic amines is 1. The molecule has 0 radical (unpaired) electrons. The Balaban J connectivity index is 1.48. The second-order valence-corrected chi connectivity index (χ2v) is 11.0. The van der Waals surface area contributed by atoms with Gasteiger partial charge in [0.15, 0.2) is 5.82 Å². The standard InChI is InChI=1S/C27H27F2N5O3S/c1-2-13-38(36,37)33-23-8-7-22(28)24(25(23)29)26(35)21-16-32-27-20(21)14-18(15-31-27)17-3-5-19(6-4-17)34-11-9-30-10-12-34/h3-8,14-16,30,33H,2,9-13H2,1H3,(H,31,32). The van der Waals surface area contributed by atoms with Crippen LogP contribution >= 0.6 is 0 Å². The first kappa shape index (κ1) is 25.8. The molecule has 0 bridgehead atoms. The van der Waals surface area contributed by atoms with Gasteiger partial charge >= 0.3 is 0 Å². The highest BCUT2D eigenvalue weighted by molar-refractivity contribution is 7.92. The van der Waals surface area contributed by atoms with Gasteiger partial charge in [0.1, 0.15) is 11.5 Å². The minimum absolute atomic E-state index is 0.0261. The molecule has 0 atom stereocenters. The number of sulfonamides is 1. The molecule has 11 heteroatoms. The number of fused-ring (bicyclic) bond motifs is 1. The van der Waals surface area contributed by atoms with E-state index in [1.165, 1.54) is 6.20 Å². The van der Waals surface area contributed by atoms with E-state index in [0.29, 0.717) is 17.5 Å². The predicted octanol–water partition coefficient (Wildman–Crippen LogP) is 4.30. The number of nitrogens with one attached hydrogen (secondary N) is 3. The molecule has 2 aromatic carbocycles. The lowest BCUT2D eigenvalue weighted by atomic mass is 9.99. The van der Waals surface area contributed by atoms with Gasteiger partial charge in [-0.05, 0) is 42.3 Å². The molecule has 3 N–H and O–H groups in total. The van der Waals surface area contributed by atoms with Crippen LogP contribution in [0.5, 0.6) is 0 Å². The van der Waals surface area contributed by atoms with Gasteiger partial charge in [0.25, 0.3) is 0 Å². The summed E-state index contributed by atoms with van der Waals surface area (Å²) in [4.78, 5) is 22.9. The molecule has 1 aliphatic heterocycles. The van der Waals surface area contributed by atoms with Gasteiger partial charge < -0.3 is 15.2 Å². The van der Waals surface area contributed by atoms with Crippen LogP contribution in [0.1, 0.15) is 29.3 Å². The molecule has 5 rings (SSSR count). The minimum Gasteiger partial charge on any atom is -0.369 e. The Bertz CT molecular complexity index is 1600. The average Bonchev–Trinajstić information content (AvgIpc) is 3.34. The lowest BCUT2D eigenvalue weighted by Crippen LogP contribution is -2.43. The fraction of sp³-hybridized carbons (Fsp3) is 0.259. The maximum Gasteiger partial charge on any atom is 0.232 e. The molecule has 0 saturated carbocycles. The smallest absolute Gasteiger partial charge is 0.232 e. The van der Waals surface area contributed by atoms with Gasteiger partial charge in [-0.3, -0.25) is 9.52 Å². The number of rotatable bonds is 8. The summed E-state index contributed by atoms with van der Waals surface area (Å²) in [5, 5.41) is 3.73. The first-order valence-electron chi connectivity index (χ1n) is 12.3. The molecule has 4 aromatic rings. The summed E-state index contributed by atoms with van der Waals surface area (Å²) in [5.41, 5.74) is 1.82. The number of piperazine rings is 1. The van der Waals surface area contributed by atoms with Gasteiger partial charge in [0.2, 0.25) is 15.8 Å². The van der Waals surface area contributed by atoms with E-state index in [9.17, 15) is 17.6 Å². The average molecular weight is 540 g/mol. The molecule has 1 fully saturated rings. The number of hydrogen-bond acceptors (Lipinski definition) is 6. The van der Waals surface area contributed by atoms with Crippen LogP contribution < -0.4 is 14.9 Å². The van der Waals surface area contributed by atoms with Crippen molar-refractivity contribution in [3.63, 3.8) is 0 Å². The molecule has 0 unspecified atom stereocenters. The highest BCUT2D eigenvalue weighted by Crippen LogP contribution is 2.30. The van der Waals surface area contributed by atoms with Gasteiger partial charge in [0, 0.05) is 60.8 Å². The minimum atomic E-state index is -3.84. The number of carbonyl (C=O) groups is 1. The zero-order chi connectivity index (χ0) is 26.9. The summed E-state index contributed by atoms with van der Waals surface area (Å²) in [6, 6.07) is 11.6. The van der Waals surface area contributed by atoms with Crippen molar-refractivity contribution in [2.45, 2.75) is 13.3 Å². The van der Waals surface area contributed by atoms with Crippen LogP contribution in [0.4, 0.5) is 20.2 Å². The number of halogens is 2. The lowest BCUT2D eigenvalue weighted by Gasteiger charge is -2.29. The van der Waals surface area contributed by atoms with Crippen molar-refractivity contribution < 1.29 is 22.0 Å². The van der Waals surface area contributed by atoms with Gasteiger partial charge in [-0.25, -0.2) is 22.2 Å². The molecule has 3 heterocycles. The van der Waals surface area contributed by atoms with E-state index in [1.807, 2.05) is 24.3 Å². The molecule has 0 amide bonds. The lowest BCUT2D eigenvalue weighted by molar-refractivity contribution is 0.103. The zero-order valence-corrected chi connectivity index (χ0v) is 21.5. The van der Waals surface area contributed by atoms with Gasteiger partial charge in [0.05, 0.1) is 17.0 Å². The summed E-state index contributed by atoms with van der Waals surface area (Å²) in [7, 11) is -3.84. The SMILES string of the molecule is CCCS(=O)(=O)Nc1ccc(F)c(C(=O)c2c[nH]c3ncc(-c4ccc(N5CCNCC5)cc4)cc23)c1F. The Labute approximate surface area is 219 Å². The first-order valence-corrected chi connectivity index (χ1v) is 14.0. The van der Waals surface area contributed by atoms with Crippen molar-refractivity contribution >= 4 is 38.2 Å². The zero-order valence-electron chi connectivity index (χ0n) is 20.7. The Morgan fingerprint density at radius 1 is 1.08 bits per heavy atom. The van der Waals surface area contributed by atoms with Crippen molar-refractivity contribution in [3.05, 3.63) is 77.6 Å². The monoisotopic (exact) mass is 539 g/mol. The van der Waals surface area contributed by atoms with Gasteiger partial charge in [-0.15, -0.1) is 0 Å². The number of hydrogen-bond donors (Lipinski definition) is 3. The first-order chi connectivity index (χ1) is 18.3. The van der Waals surface area contributed by atoms with Crippen LogP contribution in [0, 0.1) is 11.6 Å². The molecule has 2 aromatic heterocycles. The van der Waals surface area contributed by atoms with Crippen LogP contribution in [0.25, 0.3) is 22.2 Å². The maximum absolute atomic E-state index is 15.3. The number of anilines is 2. The van der Waals surface area contributed by atoms with Crippen LogP contribution in [0.2, 0.25) is 0 Å². The Kier molecular flexibility index (Phi) is 7.13. The third-order valence-corrected chi connectivity index (χ3v) is 7.99. The maximum atomic E-state index is 15.3. The van der Waals surface area contributed by atoms with E-state index < -0.39 is 38.7 Å². The molecule has 8 nitrogen and oxygen atoms in total. The van der Waals surface area contributed by atoms with E-state index >= 15 is 4.39 Å². The number of ketones is 1. The van der Waals surface area contributed by atoms with Crippen LogP contribution in [0.3, 0.4) is 0 Å². The van der Waals surface area contributed by atoms with E-state index in [0.717, 1.165) is 55.1 Å². The molecular formula is C27H27F2N5O3S. The van der Waals surface area contributed by atoms with Crippen LogP contribution in [-0.2, 0) is 10.0 Å². The molecule has 0 spiro atoms. The van der Waals surface area contributed by atoms with E-state index in [-0.39, 0.29) is 11.3 Å². The second-order valence-electron chi connectivity index (χ2n) is 9.14. The number of pyridine rings is 1. The fourth-order valence-electron chi connectivity index (χ4n) is 4.60. The number of carbonyl (C=O) groups excluding carboxylic acids is 1. The molecule has 38 heavy (non-hydrogen) atoms. The molecule has 1 saturated heterocycles. The third-order valence-electron chi connectivity index (χ3n) is 6.51. The normalized spacial score (nSPS) is 14.1. The fourth-order valence-corrected chi connectivity index (χ4v) is 5.73. The van der Waals surface area contributed by atoms with E-state index in [2.05, 4.69) is 24.9 Å². The van der Waals surface area contributed by atoms with Crippen molar-refractivity contribution in [2.75, 3.05) is 41.6 Å². The molecular weight excluding hydrogens is 512 g/mol. The topological polar surface area (TPSA) is 107 Å². The molecule has 0 aliphatic carbocycles. The van der Waals surface area contributed by atoms with Crippen LogP contribution in [0.15, 0.2) is 54.9 Å². The predicted molar refractivity (Wildman–Crippen MR) is 144 cm³/mol. The summed E-state index contributed by atoms with van der Waals surface area (Å²) >= 11 is 0. The summed E-state index contributed by atoms with van der Waals surface area (Å²) in [5.74, 6) is -3.51. The highest BCUT2D eigenvalue weighted by atomic mass is 32.2. The quantitative estimate of drug-likeness (QED) is 0.288. The summed E-state index contributed by atoms with van der Waals surface area (Å²) < 4.78 is 56.3. The highest BCUT2D eigenvalue weighted by Gasteiger charge is 2.26. The molecule has 1 aliphatic rings. The molecule has 198 valence electrons. The van der Waals surface area contributed by atoms with Crippen molar-refractivity contribution in [1.82, 2.24) is 15.3 Å². The Hall–Kier alpha value is -3.83. The Morgan fingerprint density at radius 3 is 2.53 bits per heavy atom. The van der Waals surface area contributed by atoms with Crippen LogP contribution in [-0.4, -0.2) is 56.1 Å². The van der Waals surface area contributed by atoms with Gasteiger partial charge in [-0.1, -0.05) is 19.1 Å². The van der Waals surface area contributed by atoms with Crippen molar-refractivity contribution in [1.29, 1.82) is 0 Å². The van der Waals surface area contributed by atoms with E-state index in [1.54, 1.807) is 19.2 Å². The number of benzene rings is 2. The largest absolute Gasteiger partial charge is 0.369 e. The van der Waals surface area contributed by atoms with Gasteiger partial charge in [-0.2, -0.15) is 0 Å². The third kappa shape index (κ3) is 5.11. The Morgan fingerprint density at radius 2 is 1.82 bits per heavy atom. The second kappa shape index (κ2) is 10.5. The number of H-pyrrole nitrogens is 1. The van der Waals surface area contributed by atoms with E-state index in [4.69, 9.17) is 0 Å². The number of nitrogens with zero attached hydrogens (tertiary/aromatic N) is 2. The van der Waals surface area contributed by atoms with Crippen molar-refractivity contribution in [3.8, 4) is 11.1 Å². The summed E-state index contributed by atoms with van der Waals surface area (Å²) in [6.07, 6.45) is 3.33. The summed E-state index contributed by atoms with van der Waals surface area (Å²) in [6.45, 7) is 5.38.